The highest BCUT2D eigenvalue weighted by Gasteiger charge is 2.36. The predicted octanol–water partition coefficient (Wildman–Crippen LogP) is 3.28. The summed E-state index contributed by atoms with van der Waals surface area (Å²) in [5.41, 5.74) is 2.71. The molecule has 0 fully saturated rings. The summed E-state index contributed by atoms with van der Waals surface area (Å²) in [6, 6.07) is 14.6. The highest BCUT2D eigenvalue weighted by Crippen LogP contribution is 2.41. The molecular formula is C22H22N4O4. The van der Waals surface area contributed by atoms with Crippen LogP contribution in [-0.2, 0) is 9.53 Å². The number of aromatic nitrogens is 3. The molecule has 0 bridgehead atoms. The van der Waals surface area contributed by atoms with Gasteiger partial charge in [-0.1, -0.05) is 36.4 Å². The SMILES string of the molecule is CCOC(=O)C1=C(c2ccccc2)Nc2ncnn2C1c1ccc(OC)c(OC)c1. The number of carbonyl (C=O) groups is 1. The van der Waals surface area contributed by atoms with Crippen LogP contribution in [0.1, 0.15) is 24.1 Å². The summed E-state index contributed by atoms with van der Waals surface area (Å²) in [6.45, 7) is 2.04. The molecule has 8 nitrogen and oxygen atoms in total. The number of nitrogens with one attached hydrogen (secondary N) is 1. The highest BCUT2D eigenvalue weighted by atomic mass is 16.5. The zero-order chi connectivity index (χ0) is 21.1. The van der Waals surface area contributed by atoms with E-state index >= 15 is 0 Å². The number of ether oxygens (including phenoxy) is 3. The van der Waals surface area contributed by atoms with Gasteiger partial charge in [0.15, 0.2) is 11.5 Å². The third-order valence-electron chi connectivity index (χ3n) is 4.88. The zero-order valence-corrected chi connectivity index (χ0v) is 17.0. The van der Waals surface area contributed by atoms with Gasteiger partial charge in [-0.25, -0.2) is 9.48 Å². The molecule has 1 aliphatic rings. The van der Waals surface area contributed by atoms with Crippen molar-refractivity contribution in [3.8, 4) is 11.5 Å². The number of benzene rings is 2. The lowest BCUT2D eigenvalue weighted by molar-refractivity contribution is -0.138. The van der Waals surface area contributed by atoms with Gasteiger partial charge in [0.05, 0.1) is 32.1 Å². The molecule has 3 aromatic rings. The second kappa shape index (κ2) is 8.28. The van der Waals surface area contributed by atoms with E-state index < -0.39 is 12.0 Å². The Morgan fingerprint density at radius 3 is 2.57 bits per heavy atom. The Morgan fingerprint density at radius 1 is 1.10 bits per heavy atom. The second-order valence-electron chi connectivity index (χ2n) is 6.55. The molecule has 0 spiro atoms. The van der Waals surface area contributed by atoms with Gasteiger partial charge < -0.3 is 19.5 Å². The number of hydrogen-bond acceptors (Lipinski definition) is 7. The Labute approximate surface area is 174 Å². The molecule has 0 amide bonds. The number of anilines is 1. The molecule has 2 heterocycles. The minimum atomic E-state index is -0.558. The van der Waals surface area contributed by atoms with Crippen LogP contribution in [0.5, 0.6) is 11.5 Å². The minimum absolute atomic E-state index is 0.257. The van der Waals surface area contributed by atoms with Gasteiger partial charge in [0.1, 0.15) is 12.4 Å². The van der Waals surface area contributed by atoms with Crippen LogP contribution >= 0.6 is 0 Å². The summed E-state index contributed by atoms with van der Waals surface area (Å²) in [5.74, 6) is 1.25. The van der Waals surface area contributed by atoms with Crippen LogP contribution in [0.3, 0.4) is 0 Å². The van der Waals surface area contributed by atoms with Gasteiger partial charge >= 0.3 is 5.97 Å². The molecule has 30 heavy (non-hydrogen) atoms. The van der Waals surface area contributed by atoms with Gasteiger partial charge in [0.25, 0.3) is 0 Å². The Hall–Kier alpha value is -3.81. The van der Waals surface area contributed by atoms with E-state index in [1.54, 1.807) is 31.9 Å². The van der Waals surface area contributed by atoms with E-state index in [1.165, 1.54) is 6.33 Å². The van der Waals surface area contributed by atoms with E-state index in [1.807, 2.05) is 42.5 Å². The van der Waals surface area contributed by atoms with E-state index in [9.17, 15) is 4.79 Å². The summed E-state index contributed by atoms with van der Waals surface area (Å²) in [7, 11) is 3.15. The van der Waals surface area contributed by atoms with E-state index in [0.717, 1.165) is 11.1 Å². The molecule has 8 heteroatoms. The predicted molar refractivity (Wildman–Crippen MR) is 111 cm³/mol. The fourth-order valence-electron chi connectivity index (χ4n) is 3.55. The van der Waals surface area contributed by atoms with Crippen LogP contribution in [0.4, 0.5) is 5.95 Å². The molecule has 1 atom stereocenters. The van der Waals surface area contributed by atoms with Crippen LogP contribution in [-0.4, -0.2) is 41.6 Å². The van der Waals surface area contributed by atoms with Crippen LogP contribution in [0, 0.1) is 0 Å². The Morgan fingerprint density at radius 2 is 1.87 bits per heavy atom. The Kier molecular flexibility index (Phi) is 5.38. The smallest absolute Gasteiger partial charge is 0.338 e. The number of nitrogens with zero attached hydrogens (tertiary/aromatic N) is 3. The minimum Gasteiger partial charge on any atom is -0.493 e. The molecule has 1 aliphatic heterocycles. The topological polar surface area (TPSA) is 87.5 Å². The van der Waals surface area contributed by atoms with Crippen molar-refractivity contribution >= 4 is 17.6 Å². The number of fused-ring (bicyclic) bond motifs is 1. The quantitative estimate of drug-likeness (QED) is 0.629. The van der Waals surface area contributed by atoms with Gasteiger partial charge in [-0.05, 0) is 30.2 Å². The van der Waals surface area contributed by atoms with E-state index in [2.05, 4.69) is 15.4 Å². The maximum absolute atomic E-state index is 13.1. The first-order valence-corrected chi connectivity index (χ1v) is 9.53. The van der Waals surface area contributed by atoms with Gasteiger partial charge in [-0.3, -0.25) is 0 Å². The van der Waals surface area contributed by atoms with Crippen molar-refractivity contribution < 1.29 is 19.0 Å². The van der Waals surface area contributed by atoms with Crippen molar-refractivity contribution in [2.45, 2.75) is 13.0 Å². The molecule has 0 aliphatic carbocycles. The molecule has 0 saturated carbocycles. The maximum atomic E-state index is 13.1. The Bertz CT molecular complexity index is 1090. The normalized spacial score (nSPS) is 15.2. The first-order chi connectivity index (χ1) is 14.7. The fourth-order valence-corrected chi connectivity index (χ4v) is 3.55. The lowest BCUT2D eigenvalue weighted by Gasteiger charge is -2.29. The lowest BCUT2D eigenvalue weighted by atomic mass is 9.92. The van der Waals surface area contributed by atoms with Gasteiger partial charge in [0.2, 0.25) is 5.95 Å². The largest absolute Gasteiger partial charge is 0.493 e. The van der Waals surface area contributed by atoms with Gasteiger partial charge in [-0.2, -0.15) is 10.1 Å². The third kappa shape index (κ3) is 3.36. The molecule has 2 aromatic carbocycles. The second-order valence-corrected chi connectivity index (χ2v) is 6.55. The van der Waals surface area contributed by atoms with E-state index in [0.29, 0.717) is 28.7 Å². The van der Waals surface area contributed by atoms with Crippen LogP contribution in [0.2, 0.25) is 0 Å². The first kappa shape index (κ1) is 19.5. The lowest BCUT2D eigenvalue weighted by Crippen LogP contribution is -2.30. The van der Waals surface area contributed by atoms with E-state index in [-0.39, 0.29) is 6.61 Å². The van der Waals surface area contributed by atoms with Crippen molar-refractivity contribution in [2.24, 2.45) is 0 Å². The molecule has 154 valence electrons. The summed E-state index contributed by atoms with van der Waals surface area (Å²) in [6.07, 6.45) is 1.45. The number of methoxy groups -OCH3 is 2. The highest BCUT2D eigenvalue weighted by molar-refractivity contribution is 6.02. The standard InChI is InChI=1S/C22H22N4O4/c1-4-30-21(27)18-19(14-8-6-5-7-9-14)25-22-23-13-24-26(22)20(18)15-10-11-16(28-2)17(12-15)29-3/h5-13,20H,4H2,1-3H3,(H,23,24,25). The van der Waals surface area contributed by atoms with Gasteiger partial charge in [0, 0.05) is 0 Å². The monoisotopic (exact) mass is 406 g/mol. The van der Waals surface area contributed by atoms with Gasteiger partial charge in [-0.15, -0.1) is 0 Å². The van der Waals surface area contributed by atoms with E-state index in [4.69, 9.17) is 14.2 Å². The van der Waals surface area contributed by atoms with Crippen molar-refractivity contribution in [3.05, 3.63) is 71.6 Å². The molecule has 4 rings (SSSR count). The van der Waals surface area contributed by atoms with Crippen LogP contribution in [0.15, 0.2) is 60.4 Å². The molecule has 1 aromatic heterocycles. The summed E-state index contributed by atoms with van der Waals surface area (Å²) < 4.78 is 17.9. The van der Waals surface area contributed by atoms with Crippen LogP contribution < -0.4 is 14.8 Å². The average molecular weight is 406 g/mol. The number of hydrogen-bond donors (Lipinski definition) is 1. The number of esters is 1. The number of rotatable bonds is 6. The first-order valence-electron chi connectivity index (χ1n) is 9.53. The van der Waals surface area contributed by atoms with Crippen molar-refractivity contribution in [2.75, 3.05) is 26.1 Å². The van der Waals surface area contributed by atoms with Crippen LogP contribution in [0.25, 0.3) is 5.70 Å². The molecular weight excluding hydrogens is 384 g/mol. The number of carbonyl (C=O) groups excluding carboxylic acids is 1. The van der Waals surface area contributed by atoms with Crippen molar-refractivity contribution in [1.29, 1.82) is 0 Å². The summed E-state index contributed by atoms with van der Waals surface area (Å²) in [5, 5.41) is 7.61. The van der Waals surface area contributed by atoms with Crippen molar-refractivity contribution in [1.82, 2.24) is 14.8 Å². The maximum Gasteiger partial charge on any atom is 0.338 e. The summed E-state index contributed by atoms with van der Waals surface area (Å²) >= 11 is 0. The molecule has 1 unspecified atom stereocenters. The summed E-state index contributed by atoms with van der Waals surface area (Å²) in [4.78, 5) is 17.5. The molecule has 0 radical (unpaired) electrons. The zero-order valence-electron chi connectivity index (χ0n) is 17.0. The third-order valence-corrected chi connectivity index (χ3v) is 4.88. The molecule has 0 saturated heterocycles. The molecule has 1 N–H and O–H groups in total. The average Bonchev–Trinajstić information content (AvgIpc) is 3.26. The fraction of sp³-hybridized carbons (Fsp3) is 0.227. The Balaban J connectivity index is 1.96. The van der Waals surface area contributed by atoms with Crippen molar-refractivity contribution in [3.63, 3.8) is 0 Å².